The predicted molar refractivity (Wildman–Crippen MR) is 108 cm³/mol. The number of aliphatic imine (C=N–C) groups is 1. The van der Waals surface area contributed by atoms with Crippen molar-refractivity contribution in [2.45, 2.75) is 25.9 Å². The van der Waals surface area contributed by atoms with Gasteiger partial charge in [0.1, 0.15) is 0 Å². The molecule has 1 amide bonds. The van der Waals surface area contributed by atoms with E-state index >= 15 is 0 Å². The maximum absolute atomic E-state index is 12.0. The van der Waals surface area contributed by atoms with Crippen molar-refractivity contribution in [1.29, 1.82) is 0 Å². The third-order valence-electron chi connectivity index (χ3n) is 4.29. The summed E-state index contributed by atoms with van der Waals surface area (Å²) in [6, 6.07) is 10.5. The van der Waals surface area contributed by atoms with E-state index in [0.717, 1.165) is 5.56 Å². The lowest BCUT2D eigenvalue weighted by molar-refractivity contribution is 0.0996. The van der Waals surface area contributed by atoms with Gasteiger partial charge < -0.3 is 20.4 Å². The average Bonchev–Trinajstić information content (AvgIpc) is 3.31. The first-order valence-electron chi connectivity index (χ1n) is 9.14. The zero-order chi connectivity index (χ0) is 20.0. The molecule has 1 saturated heterocycles. The minimum atomic E-state index is -2.94. The minimum absolute atomic E-state index is 0.109. The second kappa shape index (κ2) is 8.92. The highest BCUT2D eigenvalue weighted by Gasteiger charge is 2.28. The van der Waals surface area contributed by atoms with E-state index in [1.165, 1.54) is 6.26 Å². The van der Waals surface area contributed by atoms with Crippen LogP contribution in [-0.2, 0) is 16.4 Å². The Morgan fingerprint density at radius 3 is 2.64 bits per heavy atom. The van der Waals surface area contributed by atoms with Crippen molar-refractivity contribution in [3.8, 4) is 0 Å². The molecule has 1 aliphatic heterocycles. The Bertz CT molecular complexity index is 921. The number of anilines is 1. The lowest BCUT2D eigenvalue weighted by atomic mass is 10.2. The zero-order valence-corrected chi connectivity index (χ0v) is 16.5. The van der Waals surface area contributed by atoms with Crippen LogP contribution in [0.3, 0.4) is 0 Å². The highest BCUT2D eigenvalue weighted by Crippen LogP contribution is 2.13. The topological polar surface area (TPSA) is 113 Å². The lowest BCUT2D eigenvalue weighted by Crippen LogP contribution is -2.44. The summed E-state index contributed by atoms with van der Waals surface area (Å²) >= 11 is 0. The van der Waals surface area contributed by atoms with E-state index in [1.807, 2.05) is 19.1 Å². The second-order valence-electron chi connectivity index (χ2n) is 6.57. The van der Waals surface area contributed by atoms with Gasteiger partial charge in [-0.25, -0.2) is 13.4 Å². The van der Waals surface area contributed by atoms with Gasteiger partial charge in [0.15, 0.2) is 21.6 Å². The molecule has 1 unspecified atom stereocenters. The molecular weight excluding hydrogens is 380 g/mol. The molecule has 0 spiro atoms. The van der Waals surface area contributed by atoms with Crippen molar-refractivity contribution in [1.82, 2.24) is 10.6 Å². The van der Waals surface area contributed by atoms with Gasteiger partial charge >= 0.3 is 0 Å². The number of amides is 1. The minimum Gasteiger partial charge on any atom is -0.459 e. The third kappa shape index (κ3) is 5.59. The molecule has 8 nitrogen and oxygen atoms in total. The smallest absolute Gasteiger partial charge is 0.291 e. The van der Waals surface area contributed by atoms with Crippen molar-refractivity contribution >= 4 is 27.4 Å². The Morgan fingerprint density at radius 1 is 1.25 bits per heavy atom. The largest absolute Gasteiger partial charge is 0.459 e. The number of nitrogens with one attached hydrogen (secondary N) is 3. The van der Waals surface area contributed by atoms with Crippen LogP contribution in [0.2, 0.25) is 0 Å². The van der Waals surface area contributed by atoms with Crippen molar-refractivity contribution in [2.24, 2.45) is 4.99 Å². The number of furan rings is 1. The fraction of sp³-hybridized carbons (Fsp3) is 0.368. The summed E-state index contributed by atoms with van der Waals surface area (Å²) in [4.78, 5) is 16.5. The van der Waals surface area contributed by atoms with Gasteiger partial charge in [-0.15, -0.1) is 0 Å². The summed E-state index contributed by atoms with van der Waals surface area (Å²) in [5, 5.41) is 9.09. The van der Waals surface area contributed by atoms with Crippen molar-refractivity contribution in [3.05, 3.63) is 54.0 Å². The van der Waals surface area contributed by atoms with Crippen molar-refractivity contribution in [3.63, 3.8) is 0 Å². The van der Waals surface area contributed by atoms with Crippen LogP contribution in [0.25, 0.3) is 0 Å². The van der Waals surface area contributed by atoms with E-state index < -0.39 is 9.84 Å². The van der Waals surface area contributed by atoms with Crippen LogP contribution in [-0.4, -0.2) is 44.4 Å². The Hall–Kier alpha value is -2.81. The number of nitrogens with zero attached hydrogens (tertiary/aromatic N) is 1. The SMILES string of the molecule is CCNC(=NCc1ccc(NC(=O)c2ccco2)cc1)NC1CCS(=O)(=O)C1. The molecule has 1 fully saturated rings. The molecule has 3 rings (SSSR count). The molecule has 1 aromatic heterocycles. The Balaban J connectivity index is 1.57. The highest BCUT2D eigenvalue weighted by atomic mass is 32.2. The maximum atomic E-state index is 12.0. The van der Waals surface area contributed by atoms with E-state index in [9.17, 15) is 13.2 Å². The third-order valence-corrected chi connectivity index (χ3v) is 6.06. The van der Waals surface area contributed by atoms with Crippen molar-refractivity contribution in [2.75, 3.05) is 23.4 Å². The molecule has 0 radical (unpaired) electrons. The molecule has 1 aromatic carbocycles. The average molecular weight is 404 g/mol. The number of hydrogen-bond acceptors (Lipinski definition) is 5. The summed E-state index contributed by atoms with van der Waals surface area (Å²) in [5.41, 5.74) is 1.63. The molecule has 150 valence electrons. The molecule has 2 aromatic rings. The molecule has 2 heterocycles. The maximum Gasteiger partial charge on any atom is 0.291 e. The summed E-state index contributed by atoms with van der Waals surface area (Å²) in [6.45, 7) is 3.07. The van der Waals surface area contributed by atoms with Gasteiger partial charge in [0, 0.05) is 18.3 Å². The highest BCUT2D eigenvalue weighted by molar-refractivity contribution is 7.91. The number of carbonyl (C=O) groups excluding carboxylic acids is 1. The van der Waals surface area contributed by atoms with Gasteiger partial charge in [0.2, 0.25) is 0 Å². The fourth-order valence-electron chi connectivity index (χ4n) is 2.89. The van der Waals surface area contributed by atoms with Crippen LogP contribution in [0.1, 0.15) is 29.5 Å². The van der Waals surface area contributed by atoms with E-state index in [4.69, 9.17) is 4.42 Å². The molecule has 3 N–H and O–H groups in total. The van der Waals surface area contributed by atoms with Crippen LogP contribution in [0.15, 0.2) is 52.1 Å². The molecule has 0 aliphatic carbocycles. The number of hydrogen-bond donors (Lipinski definition) is 3. The van der Waals surface area contributed by atoms with Gasteiger partial charge in [-0.1, -0.05) is 12.1 Å². The number of guanidine groups is 1. The zero-order valence-electron chi connectivity index (χ0n) is 15.6. The standard InChI is InChI=1S/C19H24N4O4S/c1-2-20-19(23-16-9-11-28(25,26)13-16)21-12-14-5-7-15(8-6-14)22-18(24)17-4-3-10-27-17/h3-8,10,16H,2,9,11-13H2,1H3,(H,22,24)(H2,20,21,23). The lowest BCUT2D eigenvalue weighted by Gasteiger charge is -2.15. The molecule has 28 heavy (non-hydrogen) atoms. The Labute approximate surface area is 164 Å². The second-order valence-corrected chi connectivity index (χ2v) is 8.80. The summed E-state index contributed by atoms with van der Waals surface area (Å²) in [7, 11) is -2.94. The normalized spacial score (nSPS) is 18.6. The van der Waals surface area contributed by atoms with Crippen LogP contribution >= 0.6 is 0 Å². The number of benzene rings is 1. The molecular formula is C19H24N4O4S. The van der Waals surface area contributed by atoms with E-state index in [0.29, 0.717) is 31.2 Å². The van der Waals surface area contributed by atoms with Crippen LogP contribution in [0, 0.1) is 0 Å². The quantitative estimate of drug-likeness (QED) is 0.500. The van der Waals surface area contributed by atoms with Gasteiger partial charge in [-0.05, 0) is 43.2 Å². The van der Waals surface area contributed by atoms with Crippen LogP contribution in [0.5, 0.6) is 0 Å². The first-order valence-corrected chi connectivity index (χ1v) is 11.0. The molecule has 0 bridgehead atoms. The number of carbonyl (C=O) groups is 1. The monoisotopic (exact) mass is 404 g/mol. The Kier molecular flexibility index (Phi) is 6.35. The van der Waals surface area contributed by atoms with E-state index in [2.05, 4.69) is 20.9 Å². The number of rotatable bonds is 6. The van der Waals surface area contributed by atoms with Crippen LogP contribution < -0.4 is 16.0 Å². The fourth-order valence-corrected chi connectivity index (χ4v) is 4.56. The molecule has 1 atom stereocenters. The first-order chi connectivity index (χ1) is 13.4. The number of sulfone groups is 1. The molecule has 1 aliphatic rings. The summed E-state index contributed by atoms with van der Waals surface area (Å²) in [6.07, 6.45) is 2.05. The van der Waals surface area contributed by atoms with Gasteiger partial charge in [-0.3, -0.25) is 4.79 Å². The van der Waals surface area contributed by atoms with Crippen LogP contribution in [0.4, 0.5) is 5.69 Å². The van der Waals surface area contributed by atoms with Gasteiger partial charge in [0.25, 0.3) is 5.91 Å². The van der Waals surface area contributed by atoms with Gasteiger partial charge in [-0.2, -0.15) is 0 Å². The molecule has 0 saturated carbocycles. The summed E-state index contributed by atoms with van der Waals surface area (Å²) < 4.78 is 28.3. The Morgan fingerprint density at radius 2 is 2.04 bits per heavy atom. The van der Waals surface area contributed by atoms with Crippen molar-refractivity contribution < 1.29 is 17.6 Å². The summed E-state index contributed by atoms with van der Waals surface area (Å²) in [5.74, 6) is 0.904. The van der Waals surface area contributed by atoms with Gasteiger partial charge in [0.05, 0.1) is 24.3 Å². The first kappa shape index (κ1) is 19.9. The van der Waals surface area contributed by atoms with E-state index in [-0.39, 0.29) is 29.2 Å². The predicted octanol–water partition coefficient (Wildman–Crippen LogP) is 1.77. The van der Waals surface area contributed by atoms with E-state index in [1.54, 1.807) is 24.3 Å². The molecule has 9 heteroatoms.